The molecule has 0 aromatic heterocycles. The number of hydrogen-bond acceptors (Lipinski definition) is 6. The number of piperazine rings is 1. The fraction of sp³-hybridized carbons (Fsp3) is 0.341. The Balaban J connectivity index is 1.40. The van der Waals surface area contributed by atoms with Gasteiger partial charge in [-0.3, -0.25) is 9.69 Å². The van der Waals surface area contributed by atoms with Crippen molar-refractivity contribution in [2.24, 2.45) is 0 Å². The molecular weight excluding hydrogens is 600 g/mol. The van der Waals surface area contributed by atoms with Gasteiger partial charge in [-0.25, -0.2) is 0 Å². The fourth-order valence-electron chi connectivity index (χ4n) is 8.10. The fourth-order valence-corrected chi connectivity index (χ4v) is 8.10. The summed E-state index contributed by atoms with van der Waals surface area (Å²) in [5.41, 5.74) is 11.8. The van der Waals surface area contributed by atoms with Gasteiger partial charge in [0.05, 0.1) is 45.6 Å². The average Bonchev–Trinajstić information content (AvgIpc) is 3.09. The summed E-state index contributed by atoms with van der Waals surface area (Å²) in [6.45, 7) is 9.63. The van der Waals surface area contributed by atoms with Crippen LogP contribution in [0.1, 0.15) is 67.7 Å². The van der Waals surface area contributed by atoms with Crippen LogP contribution in [0.2, 0.25) is 0 Å². The number of aryl methyl sites for hydroxylation is 1. The summed E-state index contributed by atoms with van der Waals surface area (Å²) >= 11 is 0. The number of carbonyl (C=O) groups excluding carboxylic acids is 1. The van der Waals surface area contributed by atoms with E-state index in [9.17, 15) is 4.79 Å². The molecule has 0 aliphatic carbocycles. The number of carbonyl (C=O) groups is 1. The van der Waals surface area contributed by atoms with Gasteiger partial charge in [0.1, 0.15) is 12.4 Å². The first kappa shape index (κ1) is 32.0. The van der Waals surface area contributed by atoms with Crippen molar-refractivity contribution in [1.82, 2.24) is 9.80 Å². The predicted molar refractivity (Wildman–Crippen MR) is 187 cm³/mol. The maximum Gasteiger partial charge on any atom is 0.245 e. The first-order valence-corrected chi connectivity index (χ1v) is 16.7. The van der Waals surface area contributed by atoms with E-state index in [1.807, 2.05) is 41.3 Å². The van der Waals surface area contributed by atoms with E-state index in [2.05, 4.69) is 76.1 Å². The standard InChI is InChI=1S/C41H44N2O5/c1-24-18-30-19-33-41(44)43-32(37(42(33)5)36(30)40(38(24)45-6)48-22-29-16-12-9-13-17-29)20-31-25(2)26(3)39(46-7)27(4)35(31)34(43)23-47-21-28-14-10-8-11-15-28/h8-18,20,33-34,37H,19,21-23H2,1-7H3/t33-,34-,37+/m0/s1. The molecule has 0 spiro atoms. The molecule has 1 saturated heterocycles. The minimum absolute atomic E-state index is 0.0847. The largest absolute Gasteiger partial charge is 0.496 e. The van der Waals surface area contributed by atoms with Crippen LogP contribution in [-0.4, -0.2) is 49.6 Å². The molecule has 48 heavy (non-hydrogen) atoms. The third kappa shape index (κ3) is 5.17. The molecule has 2 bridgehead atoms. The van der Waals surface area contributed by atoms with E-state index < -0.39 is 0 Å². The average molecular weight is 645 g/mol. The van der Waals surface area contributed by atoms with E-state index in [-0.39, 0.29) is 24.0 Å². The van der Waals surface area contributed by atoms with Gasteiger partial charge in [0.25, 0.3) is 0 Å². The molecule has 7 rings (SSSR count). The van der Waals surface area contributed by atoms with Crippen molar-refractivity contribution in [2.45, 2.75) is 65.5 Å². The van der Waals surface area contributed by atoms with Crippen molar-refractivity contribution >= 4 is 12.0 Å². The zero-order valence-corrected chi connectivity index (χ0v) is 28.9. The second-order valence-electron chi connectivity index (χ2n) is 13.2. The van der Waals surface area contributed by atoms with E-state index in [0.29, 0.717) is 26.2 Å². The van der Waals surface area contributed by atoms with Crippen LogP contribution in [0.4, 0.5) is 0 Å². The summed E-state index contributed by atoms with van der Waals surface area (Å²) in [6, 6.07) is 21.7. The smallest absolute Gasteiger partial charge is 0.245 e. The van der Waals surface area contributed by atoms with Gasteiger partial charge in [0.15, 0.2) is 11.5 Å². The molecule has 1 amide bonds. The van der Waals surface area contributed by atoms with Crippen molar-refractivity contribution < 1.29 is 23.7 Å². The molecule has 7 nitrogen and oxygen atoms in total. The first-order chi connectivity index (χ1) is 23.2. The molecule has 3 atom stereocenters. The molecule has 3 heterocycles. The Bertz CT molecular complexity index is 1900. The SMILES string of the molecule is COc1c(C)c(C)c2c(c1C)[C@H](COCc1ccccc1)N1C(=O)[C@@H]3Cc4cc(C)c(OC)c(OCc5ccccc5)c4[C@@H](C1=C2)N3C. The second kappa shape index (κ2) is 12.8. The highest BCUT2D eigenvalue weighted by molar-refractivity contribution is 5.90. The molecule has 4 aromatic carbocycles. The van der Waals surface area contributed by atoms with E-state index in [0.717, 1.165) is 78.6 Å². The van der Waals surface area contributed by atoms with Gasteiger partial charge >= 0.3 is 0 Å². The zero-order chi connectivity index (χ0) is 33.7. The Hall–Kier alpha value is -4.59. The molecule has 0 unspecified atom stereocenters. The van der Waals surface area contributed by atoms with Gasteiger partial charge in [0.2, 0.25) is 5.91 Å². The molecule has 0 N–H and O–H groups in total. The molecule has 0 saturated carbocycles. The van der Waals surface area contributed by atoms with Gasteiger partial charge in [0, 0.05) is 11.3 Å². The van der Waals surface area contributed by atoms with Crippen LogP contribution in [0, 0.1) is 27.7 Å². The van der Waals surface area contributed by atoms with Crippen LogP contribution in [0.15, 0.2) is 72.4 Å². The normalized spacial score (nSPS) is 19.6. The maximum absolute atomic E-state index is 14.8. The van der Waals surface area contributed by atoms with Crippen LogP contribution in [0.25, 0.3) is 6.08 Å². The van der Waals surface area contributed by atoms with Crippen LogP contribution >= 0.6 is 0 Å². The number of benzene rings is 4. The second-order valence-corrected chi connectivity index (χ2v) is 13.2. The lowest BCUT2D eigenvalue weighted by Crippen LogP contribution is -2.60. The van der Waals surface area contributed by atoms with Crippen LogP contribution < -0.4 is 14.2 Å². The third-order valence-corrected chi connectivity index (χ3v) is 10.5. The summed E-state index contributed by atoms with van der Waals surface area (Å²) in [5, 5.41) is 0. The molecule has 4 aromatic rings. The van der Waals surface area contributed by atoms with Crippen LogP contribution in [0.3, 0.4) is 0 Å². The highest BCUT2D eigenvalue weighted by atomic mass is 16.5. The van der Waals surface area contributed by atoms with Crippen LogP contribution in [-0.2, 0) is 29.2 Å². The number of rotatable bonds is 9. The van der Waals surface area contributed by atoms with Gasteiger partial charge in [-0.05, 0) is 97.3 Å². The molecule has 1 fully saturated rings. The number of methoxy groups -OCH3 is 2. The first-order valence-electron chi connectivity index (χ1n) is 16.7. The summed E-state index contributed by atoms with van der Waals surface area (Å²) in [5.74, 6) is 2.41. The quantitative estimate of drug-likeness (QED) is 0.187. The highest BCUT2D eigenvalue weighted by Gasteiger charge is 2.52. The van der Waals surface area contributed by atoms with Crippen molar-refractivity contribution in [2.75, 3.05) is 27.9 Å². The molecule has 3 aliphatic heterocycles. The van der Waals surface area contributed by atoms with E-state index in [1.54, 1.807) is 14.2 Å². The third-order valence-electron chi connectivity index (χ3n) is 10.5. The van der Waals surface area contributed by atoms with Crippen LogP contribution in [0.5, 0.6) is 17.2 Å². The molecular formula is C41H44N2O5. The summed E-state index contributed by atoms with van der Waals surface area (Å²) in [6.07, 6.45) is 2.81. The van der Waals surface area contributed by atoms with Gasteiger partial charge in [-0.15, -0.1) is 0 Å². The van der Waals surface area contributed by atoms with Crippen molar-refractivity contribution in [3.63, 3.8) is 0 Å². The Morgan fingerprint density at radius 1 is 0.771 bits per heavy atom. The highest BCUT2D eigenvalue weighted by Crippen LogP contribution is 2.55. The van der Waals surface area contributed by atoms with E-state index in [4.69, 9.17) is 18.9 Å². The van der Waals surface area contributed by atoms with Crippen molar-refractivity contribution in [3.05, 3.63) is 128 Å². The Kier molecular flexibility index (Phi) is 8.52. The number of amides is 1. The zero-order valence-electron chi connectivity index (χ0n) is 28.9. The number of likely N-dealkylation sites (N-methyl/N-ethyl adjacent to an activating group) is 1. The summed E-state index contributed by atoms with van der Waals surface area (Å²) in [4.78, 5) is 19.0. The molecule has 248 valence electrons. The topological polar surface area (TPSA) is 60.5 Å². The number of ether oxygens (including phenoxy) is 4. The number of hydrogen-bond donors (Lipinski definition) is 0. The predicted octanol–water partition coefficient (Wildman–Crippen LogP) is 7.57. The van der Waals surface area contributed by atoms with E-state index >= 15 is 0 Å². The Labute approximate surface area is 283 Å². The minimum atomic E-state index is -0.332. The lowest BCUT2D eigenvalue weighted by Gasteiger charge is -2.54. The molecule has 7 heteroatoms. The number of fused-ring (bicyclic) bond motifs is 7. The number of nitrogens with zero attached hydrogens (tertiary/aromatic N) is 2. The maximum atomic E-state index is 14.8. The summed E-state index contributed by atoms with van der Waals surface area (Å²) < 4.78 is 25.2. The lowest BCUT2D eigenvalue weighted by atomic mass is 9.76. The summed E-state index contributed by atoms with van der Waals surface area (Å²) in [7, 11) is 5.49. The van der Waals surface area contributed by atoms with Gasteiger partial charge in [-0.2, -0.15) is 0 Å². The van der Waals surface area contributed by atoms with Gasteiger partial charge < -0.3 is 23.8 Å². The Morgan fingerprint density at radius 2 is 1.42 bits per heavy atom. The monoisotopic (exact) mass is 644 g/mol. The molecule has 0 radical (unpaired) electrons. The Morgan fingerprint density at radius 3 is 2.06 bits per heavy atom. The lowest BCUT2D eigenvalue weighted by molar-refractivity contribution is -0.145. The minimum Gasteiger partial charge on any atom is -0.496 e. The van der Waals surface area contributed by atoms with Gasteiger partial charge in [-0.1, -0.05) is 66.7 Å². The van der Waals surface area contributed by atoms with Crippen molar-refractivity contribution in [1.29, 1.82) is 0 Å². The van der Waals surface area contributed by atoms with Crippen molar-refractivity contribution in [3.8, 4) is 17.2 Å². The molecule has 3 aliphatic rings. The van der Waals surface area contributed by atoms with E-state index in [1.165, 1.54) is 0 Å².